The van der Waals surface area contributed by atoms with Gasteiger partial charge >= 0.3 is 0 Å². The third-order valence-electron chi connectivity index (χ3n) is 6.80. The molecule has 0 aliphatic heterocycles. The van der Waals surface area contributed by atoms with E-state index in [4.69, 9.17) is 0 Å². The molecule has 2 heteroatoms. The zero-order valence-corrected chi connectivity index (χ0v) is 19.2. The summed E-state index contributed by atoms with van der Waals surface area (Å²) in [5.74, 6) is 0. The fourth-order valence-electron chi connectivity index (χ4n) is 5.07. The molecule has 0 amide bonds. The van der Waals surface area contributed by atoms with Crippen LogP contribution in [0.2, 0.25) is 0 Å². The second kappa shape index (κ2) is 9.91. The van der Waals surface area contributed by atoms with Gasteiger partial charge in [-0.15, -0.1) is 0 Å². The van der Waals surface area contributed by atoms with E-state index in [-0.39, 0.29) is 0 Å². The molecule has 5 aromatic carbocycles. The lowest BCUT2D eigenvalue weighted by Gasteiger charge is -2.28. The number of nitrogens with zero attached hydrogens (tertiary/aromatic N) is 1. The molecule has 0 heterocycles. The Morgan fingerprint density at radius 2 is 1.21 bits per heavy atom. The van der Waals surface area contributed by atoms with Crippen molar-refractivity contribution in [1.82, 2.24) is 5.32 Å². The van der Waals surface area contributed by atoms with Gasteiger partial charge in [-0.2, -0.15) is 5.26 Å². The Balaban J connectivity index is 1.33. The zero-order chi connectivity index (χ0) is 23.2. The Kier molecular flexibility index (Phi) is 6.38. The summed E-state index contributed by atoms with van der Waals surface area (Å²) in [4.78, 5) is 0. The van der Waals surface area contributed by atoms with Crippen molar-refractivity contribution in [1.29, 1.82) is 5.26 Å². The lowest BCUT2D eigenvalue weighted by molar-refractivity contribution is 0.532. The molecule has 2 nitrogen and oxygen atoms in total. The highest BCUT2D eigenvalue weighted by Gasteiger charge is 2.33. The van der Waals surface area contributed by atoms with Crippen LogP contribution in [-0.2, 0) is 12.0 Å². The lowest BCUT2D eigenvalue weighted by Crippen LogP contribution is -2.27. The summed E-state index contributed by atoms with van der Waals surface area (Å²) in [6, 6.07) is 42.6. The van der Waals surface area contributed by atoms with Crippen LogP contribution in [0, 0.1) is 11.3 Å². The standard InChI is InChI=1S/C32H28N2/c33-24-32(27-13-3-1-4-14-27,28-15-5-2-6-16-28)20-11-21-34-23-26-22-25-12-7-8-17-29(25)31-19-10-9-18-30(26)31/h1-10,12-19,22,34H,11,20-21,23H2. The lowest BCUT2D eigenvalue weighted by atomic mass is 9.72. The molecule has 0 bridgehead atoms. The number of hydrogen-bond acceptors (Lipinski definition) is 2. The third-order valence-corrected chi connectivity index (χ3v) is 6.80. The first kappa shape index (κ1) is 21.9. The largest absolute Gasteiger partial charge is 0.313 e. The molecular weight excluding hydrogens is 412 g/mol. The smallest absolute Gasteiger partial charge is 0.107 e. The van der Waals surface area contributed by atoms with Crippen LogP contribution < -0.4 is 5.32 Å². The first-order valence-corrected chi connectivity index (χ1v) is 11.9. The van der Waals surface area contributed by atoms with Crippen LogP contribution in [0.1, 0.15) is 29.5 Å². The first-order valence-electron chi connectivity index (χ1n) is 11.9. The Labute approximate surface area is 201 Å². The second-order valence-corrected chi connectivity index (χ2v) is 8.83. The molecule has 0 fully saturated rings. The molecule has 0 radical (unpaired) electrons. The Morgan fingerprint density at radius 1 is 0.647 bits per heavy atom. The summed E-state index contributed by atoms with van der Waals surface area (Å²) in [5, 5.41) is 19.2. The van der Waals surface area contributed by atoms with Gasteiger partial charge in [-0.05, 0) is 63.7 Å². The minimum Gasteiger partial charge on any atom is -0.313 e. The molecule has 34 heavy (non-hydrogen) atoms. The van der Waals surface area contributed by atoms with E-state index in [1.54, 1.807) is 0 Å². The normalized spacial score (nSPS) is 11.5. The second-order valence-electron chi connectivity index (χ2n) is 8.83. The number of hydrogen-bond donors (Lipinski definition) is 1. The van der Waals surface area contributed by atoms with Gasteiger partial charge in [0.1, 0.15) is 5.41 Å². The van der Waals surface area contributed by atoms with Crippen molar-refractivity contribution in [2.75, 3.05) is 6.54 Å². The highest BCUT2D eigenvalue weighted by atomic mass is 14.8. The molecule has 0 unspecified atom stereocenters. The maximum Gasteiger partial charge on any atom is 0.107 e. The first-order chi connectivity index (χ1) is 16.8. The van der Waals surface area contributed by atoms with Gasteiger partial charge in [0, 0.05) is 6.54 Å². The van der Waals surface area contributed by atoms with Crippen molar-refractivity contribution in [2.24, 2.45) is 0 Å². The Hall–Kier alpha value is -3.93. The molecule has 0 aliphatic rings. The summed E-state index contributed by atoms with van der Waals surface area (Å²) in [5.41, 5.74) is 2.79. The van der Waals surface area contributed by atoms with Crippen LogP contribution in [0.25, 0.3) is 21.5 Å². The predicted molar refractivity (Wildman–Crippen MR) is 142 cm³/mol. The third kappa shape index (κ3) is 4.19. The molecular formula is C32H28N2. The average molecular weight is 441 g/mol. The monoisotopic (exact) mass is 440 g/mol. The average Bonchev–Trinajstić information content (AvgIpc) is 2.92. The Morgan fingerprint density at radius 3 is 1.85 bits per heavy atom. The van der Waals surface area contributed by atoms with Crippen LogP contribution in [0.3, 0.4) is 0 Å². The SMILES string of the molecule is N#CC(CCCNCc1cc2ccccc2c2ccccc12)(c1ccccc1)c1ccccc1. The topological polar surface area (TPSA) is 35.8 Å². The van der Waals surface area contributed by atoms with Gasteiger partial charge in [0.25, 0.3) is 0 Å². The summed E-state index contributed by atoms with van der Waals surface area (Å²) in [6.07, 6.45) is 1.67. The minimum atomic E-state index is -0.639. The molecule has 1 N–H and O–H groups in total. The van der Waals surface area contributed by atoms with Crippen LogP contribution in [0.4, 0.5) is 0 Å². The van der Waals surface area contributed by atoms with E-state index in [9.17, 15) is 5.26 Å². The van der Waals surface area contributed by atoms with E-state index >= 15 is 0 Å². The van der Waals surface area contributed by atoms with E-state index in [1.807, 2.05) is 36.4 Å². The van der Waals surface area contributed by atoms with Crippen molar-refractivity contribution in [3.63, 3.8) is 0 Å². The predicted octanol–water partition coefficient (Wildman–Crippen LogP) is 7.37. The molecule has 0 saturated heterocycles. The number of benzene rings is 5. The van der Waals surface area contributed by atoms with Crippen LogP contribution in [0.15, 0.2) is 115 Å². The van der Waals surface area contributed by atoms with Gasteiger partial charge in [-0.1, -0.05) is 109 Å². The van der Waals surface area contributed by atoms with Gasteiger partial charge in [0.05, 0.1) is 6.07 Å². The summed E-state index contributed by atoms with van der Waals surface area (Å²) >= 11 is 0. The molecule has 0 saturated carbocycles. The van der Waals surface area contributed by atoms with E-state index in [2.05, 4.69) is 90.2 Å². The van der Waals surface area contributed by atoms with Gasteiger partial charge in [0.2, 0.25) is 0 Å². The van der Waals surface area contributed by atoms with Crippen molar-refractivity contribution in [2.45, 2.75) is 24.8 Å². The molecule has 166 valence electrons. The van der Waals surface area contributed by atoms with Crippen molar-refractivity contribution < 1.29 is 0 Å². The van der Waals surface area contributed by atoms with Crippen molar-refractivity contribution in [3.8, 4) is 6.07 Å². The summed E-state index contributed by atoms with van der Waals surface area (Å²) in [7, 11) is 0. The van der Waals surface area contributed by atoms with Gasteiger partial charge in [-0.3, -0.25) is 0 Å². The Bertz CT molecular complexity index is 1390. The minimum absolute atomic E-state index is 0.639. The summed E-state index contributed by atoms with van der Waals surface area (Å²) < 4.78 is 0. The van der Waals surface area contributed by atoms with Gasteiger partial charge in [-0.25, -0.2) is 0 Å². The fraction of sp³-hybridized carbons (Fsp3) is 0.156. The molecule has 5 aromatic rings. The summed E-state index contributed by atoms with van der Waals surface area (Å²) in [6.45, 7) is 1.66. The van der Waals surface area contributed by atoms with Crippen molar-refractivity contribution in [3.05, 3.63) is 132 Å². The highest BCUT2D eigenvalue weighted by molar-refractivity contribution is 6.08. The number of nitriles is 1. The number of nitrogens with one attached hydrogen (secondary N) is 1. The maximum atomic E-state index is 10.4. The van der Waals surface area contributed by atoms with E-state index in [0.29, 0.717) is 0 Å². The highest BCUT2D eigenvalue weighted by Crippen LogP contribution is 2.36. The van der Waals surface area contributed by atoms with E-state index < -0.39 is 5.41 Å². The van der Waals surface area contributed by atoms with Crippen LogP contribution in [-0.4, -0.2) is 6.54 Å². The van der Waals surface area contributed by atoms with Gasteiger partial charge in [0.15, 0.2) is 0 Å². The van der Waals surface area contributed by atoms with E-state index in [0.717, 1.165) is 37.1 Å². The van der Waals surface area contributed by atoms with Gasteiger partial charge < -0.3 is 5.32 Å². The molecule has 0 aromatic heterocycles. The van der Waals surface area contributed by atoms with Crippen molar-refractivity contribution >= 4 is 21.5 Å². The number of fused-ring (bicyclic) bond motifs is 3. The molecule has 0 spiro atoms. The quantitative estimate of drug-likeness (QED) is 0.202. The molecule has 0 atom stereocenters. The van der Waals surface area contributed by atoms with Crippen LogP contribution in [0.5, 0.6) is 0 Å². The zero-order valence-electron chi connectivity index (χ0n) is 19.2. The molecule has 0 aliphatic carbocycles. The molecule has 5 rings (SSSR count). The fourth-order valence-corrected chi connectivity index (χ4v) is 5.07. The number of rotatable bonds is 8. The van der Waals surface area contributed by atoms with E-state index in [1.165, 1.54) is 27.1 Å². The maximum absolute atomic E-state index is 10.4. The van der Waals surface area contributed by atoms with Crippen LogP contribution >= 0.6 is 0 Å².